The number of fused-ring (bicyclic) bond motifs is 1. The van der Waals surface area contributed by atoms with Crippen LogP contribution in [0.25, 0.3) is 10.8 Å². The Bertz CT molecular complexity index is 510. The van der Waals surface area contributed by atoms with Gasteiger partial charge < -0.3 is 5.32 Å². The molecule has 82 valence electrons. The van der Waals surface area contributed by atoms with E-state index in [1.54, 1.807) is 18.8 Å². The fourth-order valence-corrected chi connectivity index (χ4v) is 2.29. The molecule has 3 heteroatoms. The number of thioether (sulfide) groups is 1. The van der Waals surface area contributed by atoms with Crippen molar-refractivity contribution in [2.45, 2.75) is 4.90 Å². The molecule has 2 aromatic carbocycles. The van der Waals surface area contributed by atoms with Gasteiger partial charge >= 0.3 is 0 Å². The van der Waals surface area contributed by atoms with Crippen molar-refractivity contribution in [2.24, 2.45) is 0 Å². The minimum atomic E-state index is 0.0539. The van der Waals surface area contributed by atoms with Crippen LogP contribution in [-0.4, -0.2) is 18.7 Å². The Morgan fingerprint density at radius 2 is 1.94 bits per heavy atom. The Morgan fingerprint density at radius 1 is 1.19 bits per heavy atom. The van der Waals surface area contributed by atoms with Crippen molar-refractivity contribution >= 4 is 28.4 Å². The molecular weight excluding hydrogens is 218 g/mol. The quantitative estimate of drug-likeness (QED) is 0.823. The summed E-state index contributed by atoms with van der Waals surface area (Å²) < 4.78 is 0. The molecule has 0 saturated heterocycles. The molecule has 0 aliphatic heterocycles. The van der Waals surface area contributed by atoms with Crippen molar-refractivity contribution in [1.82, 2.24) is 5.32 Å². The summed E-state index contributed by atoms with van der Waals surface area (Å²) in [7, 11) is 1.66. The molecular formula is C13H13NOS. The summed E-state index contributed by atoms with van der Waals surface area (Å²) in [4.78, 5) is 12.2. The van der Waals surface area contributed by atoms with Gasteiger partial charge in [-0.1, -0.05) is 30.3 Å². The number of benzene rings is 2. The summed E-state index contributed by atoms with van der Waals surface area (Å²) in [6.07, 6.45) is 0. The third kappa shape index (κ3) is 2.55. The molecule has 0 unspecified atom stereocenters. The number of amides is 1. The predicted molar refractivity (Wildman–Crippen MR) is 68.7 cm³/mol. The van der Waals surface area contributed by atoms with Crippen LogP contribution in [0.1, 0.15) is 0 Å². The largest absolute Gasteiger partial charge is 0.358 e. The van der Waals surface area contributed by atoms with Crippen LogP contribution in [0.15, 0.2) is 47.4 Å². The van der Waals surface area contributed by atoms with Crippen molar-refractivity contribution in [1.29, 1.82) is 0 Å². The van der Waals surface area contributed by atoms with Gasteiger partial charge in [-0.3, -0.25) is 4.79 Å². The second-order valence-electron chi connectivity index (χ2n) is 3.47. The van der Waals surface area contributed by atoms with Crippen molar-refractivity contribution in [3.63, 3.8) is 0 Å². The zero-order valence-electron chi connectivity index (χ0n) is 9.07. The summed E-state index contributed by atoms with van der Waals surface area (Å²) >= 11 is 1.56. The first kappa shape index (κ1) is 11.0. The van der Waals surface area contributed by atoms with Gasteiger partial charge in [-0.15, -0.1) is 11.8 Å². The smallest absolute Gasteiger partial charge is 0.230 e. The summed E-state index contributed by atoms with van der Waals surface area (Å²) in [6, 6.07) is 14.5. The van der Waals surface area contributed by atoms with Gasteiger partial charge in [0.05, 0.1) is 5.75 Å². The third-order valence-corrected chi connectivity index (χ3v) is 3.36. The molecule has 2 aromatic rings. The summed E-state index contributed by atoms with van der Waals surface area (Å²) in [5.74, 6) is 0.521. The van der Waals surface area contributed by atoms with Crippen LogP contribution in [0.3, 0.4) is 0 Å². The van der Waals surface area contributed by atoms with Crippen molar-refractivity contribution < 1.29 is 4.79 Å². The Balaban J connectivity index is 2.16. The van der Waals surface area contributed by atoms with E-state index >= 15 is 0 Å². The van der Waals surface area contributed by atoms with Gasteiger partial charge in [0.1, 0.15) is 0 Å². The second-order valence-corrected chi connectivity index (χ2v) is 4.52. The lowest BCUT2D eigenvalue weighted by Gasteiger charge is -2.03. The molecule has 0 fully saturated rings. The average Bonchev–Trinajstić information content (AvgIpc) is 2.35. The van der Waals surface area contributed by atoms with Crippen molar-refractivity contribution in [2.75, 3.05) is 12.8 Å². The lowest BCUT2D eigenvalue weighted by molar-refractivity contribution is -0.118. The van der Waals surface area contributed by atoms with Crippen LogP contribution in [0.2, 0.25) is 0 Å². The van der Waals surface area contributed by atoms with E-state index in [0.717, 1.165) is 4.90 Å². The highest BCUT2D eigenvalue weighted by Gasteiger charge is 2.00. The molecule has 1 amide bonds. The zero-order chi connectivity index (χ0) is 11.4. The maximum Gasteiger partial charge on any atom is 0.230 e. The molecule has 0 saturated carbocycles. The lowest BCUT2D eigenvalue weighted by atomic mass is 10.1. The van der Waals surface area contributed by atoms with Gasteiger partial charge in [0.15, 0.2) is 0 Å². The first-order chi connectivity index (χ1) is 7.79. The van der Waals surface area contributed by atoms with Gasteiger partial charge in [0.2, 0.25) is 5.91 Å². The monoisotopic (exact) mass is 231 g/mol. The van der Waals surface area contributed by atoms with Crippen LogP contribution in [0, 0.1) is 0 Å². The average molecular weight is 231 g/mol. The van der Waals surface area contributed by atoms with Crippen molar-refractivity contribution in [3.05, 3.63) is 42.5 Å². The number of nitrogens with one attached hydrogen (secondary N) is 1. The van der Waals surface area contributed by atoms with Crippen LogP contribution in [0.4, 0.5) is 0 Å². The highest BCUT2D eigenvalue weighted by Crippen LogP contribution is 2.23. The van der Waals surface area contributed by atoms with Crippen LogP contribution in [-0.2, 0) is 4.79 Å². The van der Waals surface area contributed by atoms with Gasteiger partial charge in [-0.05, 0) is 22.9 Å². The lowest BCUT2D eigenvalue weighted by Crippen LogP contribution is -2.19. The second kappa shape index (κ2) is 5.03. The molecule has 1 N–H and O–H groups in total. The van der Waals surface area contributed by atoms with Crippen LogP contribution < -0.4 is 5.32 Å². The molecule has 2 rings (SSSR count). The molecule has 0 aromatic heterocycles. The van der Waals surface area contributed by atoms with E-state index < -0.39 is 0 Å². The number of carbonyl (C=O) groups excluding carboxylic acids is 1. The molecule has 0 aliphatic rings. The Kier molecular flexibility index (Phi) is 3.47. The third-order valence-electron chi connectivity index (χ3n) is 2.37. The molecule has 0 heterocycles. The molecule has 2 nitrogen and oxygen atoms in total. The van der Waals surface area contributed by atoms with Crippen LogP contribution >= 0.6 is 11.8 Å². The molecule has 0 radical (unpaired) electrons. The summed E-state index contributed by atoms with van der Waals surface area (Å²) in [5.41, 5.74) is 0. The highest BCUT2D eigenvalue weighted by atomic mass is 32.2. The Hall–Kier alpha value is -1.48. The van der Waals surface area contributed by atoms with Gasteiger partial charge in [-0.25, -0.2) is 0 Å². The zero-order valence-corrected chi connectivity index (χ0v) is 9.88. The minimum Gasteiger partial charge on any atom is -0.358 e. The van der Waals surface area contributed by atoms with E-state index in [-0.39, 0.29) is 5.91 Å². The molecule has 0 aliphatic carbocycles. The molecule has 0 spiro atoms. The first-order valence-corrected chi connectivity index (χ1v) is 6.10. The van der Waals surface area contributed by atoms with E-state index in [1.807, 2.05) is 12.1 Å². The maximum absolute atomic E-state index is 11.1. The standard InChI is InChI=1S/C13H13NOS/c1-14-13(15)9-16-12-7-6-10-4-2-3-5-11(10)8-12/h2-8H,9H2,1H3,(H,14,15). The summed E-state index contributed by atoms with van der Waals surface area (Å²) in [6.45, 7) is 0. The molecule has 16 heavy (non-hydrogen) atoms. The van der Waals surface area contributed by atoms with E-state index in [4.69, 9.17) is 0 Å². The number of rotatable bonds is 3. The fourth-order valence-electron chi connectivity index (χ4n) is 1.48. The van der Waals surface area contributed by atoms with Crippen LogP contribution in [0.5, 0.6) is 0 Å². The van der Waals surface area contributed by atoms with E-state index in [9.17, 15) is 4.79 Å². The highest BCUT2D eigenvalue weighted by molar-refractivity contribution is 8.00. The number of hydrogen-bond donors (Lipinski definition) is 1. The van der Waals surface area contributed by atoms with Gasteiger partial charge in [-0.2, -0.15) is 0 Å². The Morgan fingerprint density at radius 3 is 2.69 bits per heavy atom. The predicted octanol–water partition coefficient (Wildman–Crippen LogP) is 2.68. The Labute approximate surface area is 99.0 Å². The minimum absolute atomic E-state index is 0.0539. The number of hydrogen-bond acceptors (Lipinski definition) is 2. The maximum atomic E-state index is 11.1. The summed E-state index contributed by atoms with van der Waals surface area (Å²) in [5, 5.41) is 5.05. The SMILES string of the molecule is CNC(=O)CSc1ccc2ccccc2c1. The van der Waals surface area contributed by atoms with E-state index in [2.05, 4.69) is 35.6 Å². The number of carbonyl (C=O) groups is 1. The normalized spacial score (nSPS) is 10.3. The van der Waals surface area contributed by atoms with Gasteiger partial charge in [0.25, 0.3) is 0 Å². The van der Waals surface area contributed by atoms with E-state index in [0.29, 0.717) is 5.75 Å². The topological polar surface area (TPSA) is 29.1 Å². The molecule has 0 bridgehead atoms. The van der Waals surface area contributed by atoms with Gasteiger partial charge in [0, 0.05) is 11.9 Å². The van der Waals surface area contributed by atoms with E-state index in [1.165, 1.54) is 10.8 Å². The fraction of sp³-hybridized carbons (Fsp3) is 0.154. The van der Waals surface area contributed by atoms with Crippen molar-refractivity contribution in [3.8, 4) is 0 Å². The first-order valence-electron chi connectivity index (χ1n) is 5.12. The molecule has 0 atom stereocenters.